The molecule has 3 aromatic rings. The van der Waals surface area contributed by atoms with Crippen molar-refractivity contribution in [2.24, 2.45) is 0 Å². The van der Waals surface area contributed by atoms with Crippen LogP contribution in [0.5, 0.6) is 0 Å². The van der Waals surface area contributed by atoms with Crippen molar-refractivity contribution in [2.45, 2.75) is 67.0 Å². The molecule has 0 bridgehead atoms. The summed E-state index contributed by atoms with van der Waals surface area (Å²) in [7, 11) is 0. The second-order valence-electron chi connectivity index (χ2n) is 9.54. The van der Waals surface area contributed by atoms with E-state index in [9.17, 15) is 0 Å². The zero-order chi connectivity index (χ0) is 28.3. The number of carboxylic acid groups (broad SMARTS) is 1. The molecule has 2 heterocycles. The highest BCUT2D eigenvalue weighted by atomic mass is 32.2. The Morgan fingerprint density at radius 1 is 1.05 bits per heavy atom. The fourth-order valence-corrected chi connectivity index (χ4v) is 5.07. The molecule has 6 heteroatoms. The number of rotatable bonds is 3. The summed E-state index contributed by atoms with van der Waals surface area (Å²) < 4.78 is 2.41. The molecular weight excluding hydrogens is 480 g/mol. The van der Waals surface area contributed by atoms with Crippen LogP contribution in [0.1, 0.15) is 55.6 Å². The van der Waals surface area contributed by atoms with Gasteiger partial charge >= 0.3 is 0 Å². The molecule has 0 saturated heterocycles. The van der Waals surface area contributed by atoms with Crippen LogP contribution in [0.25, 0.3) is 22.3 Å². The molecule has 0 amide bonds. The fraction of sp³-hybridized carbons (Fsp3) is 0.355. The van der Waals surface area contributed by atoms with E-state index < -0.39 is 5.60 Å². The average molecular weight is 523 g/mol. The number of hydrogen-bond acceptors (Lipinski definition) is 5. The standard InChI is InChI=1S/C24H26N2S.C4H10O.C2H4.CH2O2/c1-6-19-16(3)24-23(17(4)22(19)18-11-9-15(2)10-12-18)20-8-7-13-25-21(20)14-26(24)27-5;1-4(2,3)5;1-2;2-1-3/h7-13H,6,14H2,1-5H3;5H,1-3H3;1-2H2;1H,(H,2,3). The van der Waals surface area contributed by atoms with Crippen molar-refractivity contribution in [1.82, 2.24) is 4.98 Å². The third kappa shape index (κ3) is 8.20. The van der Waals surface area contributed by atoms with E-state index in [0.29, 0.717) is 0 Å². The second-order valence-corrected chi connectivity index (χ2v) is 10.3. The Morgan fingerprint density at radius 3 is 2.08 bits per heavy atom. The number of nitrogens with zero attached hydrogens (tertiary/aromatic N) is 2. The number of carbonyl (C=O) groups is 1. The summed E-state index contributed by atoms with van der Waals surface area (Å²) >= 11 is 1.79. The minimum atomic E-state index is -0.500. The lowest BCUT2D eigenvalue weighted by atomic mass is 9.82. The quantitative estimate of drug-likeness (QED) is 0.208. The number of aliphatic hydroxyl groups is 1. The third-order valence-corrected chi connectivity index (χ3v) is 6.47. The zero-order valence-electron chi connectivity index (χ0n) is 23.6. The molecule has 0 unspecified atom stereocenters. The molecule has 0 aliphatic carbocycles. The first-order valence-electron chi connectivity index (χ1n) is 12.3. The van der Waals surface area contributed by atoms with E-state index >= 15 is 0 Å². The van der Waals surface area contributed by atoms with Gasteiger partial charge < -0.3 is 14.5 Å². The van der Waals surface area contributed by atoms with Gasteiger partial charge in [0.05, 0.1) is 23.5 Å². The van der Waals surface area contributed by atoms with E-state index in [1.165, 1.54) is 55.9 Å². The highest BCUT2D eigenvalue weighted by Crippen LogP contribution is 2.49. The lowest BCUT2D eigenvalue weighted by Gasteiger charge is -2.35. The Morgan fingerprint density at radius 2 is 1.59 bits per heavy atom. The Kier molecular flexibility index (Phi) is 12.6. The summed E-state index contributed by atoms with van der Waals surface area (Å²) in [6.45, 7) is 20.8. The molecule has 0 radical (unpaired) electrons. The molecule has 1 aliphatic heterocycles. The van der Waals surface area contributed by atoms with Gasteiger partial charge in [-0.15, -0.1) is 13.2 Å². The number of benzene rings is 2. The van der Waals surface area contributed by atoms with Crippen LogP contribution in [0.15, 0.2) is 55.8 Å². The molecule has 0 spiro atoms. The summed E-state index contributed by atoms with van der Waals surface area (Å²) in [6, 6.07) is 13.3. The molecule has 2 aromatic carbocycles. The summed E-state index contributed by atoms with van der Waals surface area (Å²) in [5.41, 5.74) is 12.9. The Labute approximate surface area is 227 Å². The molecule has 37 heavy (non-hydrogen) atoms. The lowest BCUT2D eigenvalue weighted by molar-refractivity contribution is -0.122. The van der Waals surface area contributed by atoms with Gasteiger partial charge in [-0.25, -0.2) is 0 Å². The molecule has 200 valence electrons. The normalized spacial score (nSPS) is 11.3. The third-order valence-electron chi connectivity index (χ3n) is 5.71. The largest absolute Gasteiger partial charge is 0.483 e. The van der Waals surface area contributed by atoms with E-state index in [-0.39, 0.29) is 6.47 Å². The van der Waals surface area contributed by atoms with Crippen molar-refractivity contribution in [3.8, 4) is 22.3 Å². The van der Waals surface area contributed by atoms with E-state index in [0.717, 1.165) is 13.0 Å². The maximum atomic E-state index is 8.52. The van der Waals surface area contributed by atoms with Gasteiger partial charge in [0.15, 0.2) is 0 Å². The average Bonchev–Trinajstić information content (AvgIpc) is 2.86. The van der Waals surface area contributed by atoms with Gasteiger partial charge in [0.25, 0.3) is 6.47 Å². The minimum absolute atomic E-state index is 0.250. The van der Waals surface area contributed by atoms with E-state index in [1.807, 2.05) is 6.20 Å². The first kappa shape index (κ1) is 31.9. The first-order chi connectivity index (χ1) is 17.5. The highest BCUT2D eigenvalue weighted by molar-refractivity contribution is 7.99. The van der Waals surface area contributed by atoms with Crippen LogP contribution in [0.4, 0.5) is 5.69 Å². The number of pyridine rings is 1. The Hall–Kier alpha value is -3.09. The summed E-state index contributed by atoms with van der Waals surface area (Å²) in [5.74, 6) is 0. The van der Waals surface area contributed by atoms with Gasteiger partial charge in [-0.2, -0.15) is 0 Å². The number of anilines is 1. The predicted molar refractivity (Wildman–Crippen MR) is 160 cm³/mol. The van der Waals surface area contributed by atoms with E-state index in [1.54, 1.807) is 32.7 Å². The molecule has 0 atom stereocenters. The van der Waals surface area contributed by atoms with Gasteiger partial charge in [0.2, 0.25) is 0 Å². The molecule has 5 nitrogen and oxygen atoms in total. The number of aromatic nitrogens is 1. The van der Waals surface area contributed by atoms with Crippen molar-refractivity contribution in [2.75, 3.05) is 10.6 Å². The van der Waals surface area contributed by atoms with Gasteiger partial charge in [-0.3, -0.25) is 9.78 Å². The lowest BCUT2D eigenvalue weighted by Crippen LogP contribution is -2.22. The summed E-state index contributed by atoms with van der Waals surface area (Å²) in [5, 5.41) is 15.4. The summed E-state index contributed by atoms with van der Waals surface area (Å²) in [6.07, 6.45) is 5.10. The molecule has 0 saturated carbocycles. The number of fused-ring (bicyclic) bond motifs is 3. The molecule has 1 aromatic heterocycles. The zero-order valence-corrected chi connectivity index (χ0v) is 24.4. The van der Waals surface area contributed by atoms with Crippen LogP contribution in [-0.2, 0) is 17.8 Å². The SMILES string of the molecule is C=C.CC(C)(C)O.CCc1c(C)c2c(c(C)c1-c1ccc(C)cc1)-c1cccnc1CN2SC.O=CO. The van der Waals surface area contributed by atoms with Crippen molar-refractivity contribution in [3.05, 3.63) is 83.7 Å². The smallest absolute Gasteiger partial charge is 0.290 e. The van der Waals surface area contributed by atoms with Crippen LogP contribution in [-0.4, -0.2) is 33.5 Å². The van der Waals surface area contributed by atoms with Crippen LogP contribution in [0.3, 0.4) is 0 Å². The Balaban J connectivity index is 0.000000594. The van der Waals surface area contributed by atoms with Gasteiger partial charge in [-0.05, 0) is 81.8 Å². The predicted octanol–water partition coefficient (Wildman–Crippen LogP) is 7.78. The maximum absolute atomic E-state index is 8.52. The van der Waals surface area contributed by atoms with E-state index in [4.69, 9.17) is 15.0 Å². The van der Waals surface area contributed by atoms with Crippen molar-refractivity contribution in [3.63, 3.8) is 0 Å². The van der Waals surface area contributed by atoms with Gasteiger partial charge in [0, 0.05) is 23.6 Å². The number of aryl methyl sites for hydroxylation is 1. The molecule has 4 rings (SSSR count). The topological polar surface area (TPSA) is 73.7 Å². The first-order valence-corrected chi connectivity index (χ1v) is 13.5. The molecule has 1 aliphatic rings. The van der Waals surface area contributed by atoms with Crippen LogP contribution in [0.2, 0.25) is 0 Å². The van der Waals surface area contributed by atoms with Crippen LogP contribution < -0.4 is 4.31 Å². The fourth-order valence-electron chi connectivity index (χ4n) is 4.40. The second kappa shape index (κ2) is 14.6. The van der Waals surface area contributed by atoms with E-state index in [2.05, 4.69) is 92.8 Å². The Bertz CT molecular complexity index is 1160. The van der Waals surface area contributed by atoms with Crippen molar-refractivity contribution in [1.29, 1.82) is 0 Å². The van der Waals surface area contributed by atoms with Crippen molar-refractivity contribution < 1.29 is 15.0 Å². The molecule has 2 N–H and O–H groups in total. The van der Waals surface area contributed by atoms with Crippen LogP contribution >= 0.6 is 11.9 Å². The maximum Gasteiger partial charge on any atom is 0.290 e. The van der Waals surface area contributed by atoms with Gasteiger partial charge in [-0.1, -0.05) is 54.8 Å². The highest BCUT2D eigenvalue weighted by Gasteiger charge is 2.29. The monoisotopic (exact) mass is 522 g/mol. The van der Waals surface area contributed by atoms with Gasteiger partial charge in [0.1, 0.15) is 0 Å². The van der Waals surface area contributed by atoms with Crippen molar-refractivity contribution >= 4 is 24.1 Å². The minimum Gasteiger partial charge on any atom is -0.483 e. The number of hydrogen-bond donors (Lipinski definition) is 2. The summed E-state index contributed by atoms with van der Waals surface area (Å²) in [4.78, 5) is 13.0. The van der Waals surface area contributed by atoms with Crippen LogP contribution in [0, 0.1) is 20.8 Å². The molecular formula is C31H42N2O3S. The molecule has 0 fully saturated rings.